The van der Waals surface area contributed by atoms with E-state index in [1.165, 1.54) is 19.2 Å². The van der Waals surface area contributed by atoms with Crippen molar-refractivity contribution in [2.24, 2.45) is 0 Å². The molecule has 3 rings (SSSR count). The molecule has 0 aliphatic heterocycles. The second-order valence-corrected chi connectivity index (χ2v) is 6.28. The Kier molecular flexibility index (Phi) is 6.38. The Hall–Kier alpha value is -3.07. The molecule has 0 fully saturated rings. The van der Waals surface area contributed by atoms with Crippen molar-refractivity contribution in [3.8, 4) is 23.1 Å². The van der Waals surface area contributed by atoms with Crippen molar-refractivity contribution in [3.63, 3.8) is 0 Å². The van der Waals surface area contributed by atoms with Crippen molar-refractivity contribution in [2.45, 2.75) is 12.8 Å². The van der Waals surface area contributed by atoms with Crippen LogP contribution in [-0.4, -0.2) is 35.0 Å². The molecule has 0 radical (unpaired) electrons. The lowest BCUT2D eigenvalue weighted by Gasteiger charge is -2.10. The summed E-state index contributed by atoms with van der Waals surface area (Å²) in [5.41, 5.74) is 1.57. The second kappa shape index (κ2) is 8.95. The summed E-state index contributed by atoms with van der Waals surface area (Å²) in [6.07, 6.45) is -4.17. The van der Waals surface area contributed by atoms with Crippen LogP contribution in [0.4, 0.5) is 19.1 Å². The first-order valence-electron chi connectivity index (χ1n) is 8.47. The van der Waals surface area contributed by atoms with Gasteiger partial charge in [-0.3, -0.25) is 0 Å². The number of benzene rings is 2. The highest BCUT2D eigenvalue weighted by Crippen LogP contribution is 2.23. The summed E-state index contributed by atoms with van der Waals surface area (Å²) < 4.78 is 45.6. The molecule has 0 amide bonds. The maximum Gasteiger partial charge on any atom is 0.573 e. The van der Waals surface area contributed by atoms with E-state index in [2.05, 4.69) is 25.0 Å². The minimum absolute atomic E-state index is 0.154. The number of rotatable bonds is 7. The summed E-state index contributed by atoms with van der Waals surface area (Å²) in [6, 6.07) is 12.9. The smallest absolute Gasteiger partial charge is 0.467 e. The SMILES string of the molecule is COc1nc(NCCc2ccc(OC(F)(F)F)cc2)nc(-c2ccc(Cl)cc2)n1. The zero-order chi connectivity index (χ0) is 20.9. The zero-order valence-corrected chi connectivity index (χ0v) is 16.0. The van der Waals surface area contributed by atoms with Crippen molar-refractivity contribution >= 4 is 17.5 Å². The third-order valence-electron chi connectivity index (χ3n) is 3.75. The first-order chi connectivity index (χ1) is 13.8. The molecule has 0 spiro atoms. The molecule has 29 heavy (non-hydrogen) atoms. The van der Waals surface area contributed by atoms with Gasteiger partial charge < -0.3 is 14.8 Å². The summed E-state index contributed by atoms with van der Waals surface area (Å²) in [5, 5.41) is 3.66. The Morgan fingerprint density at radius 1 is 0.966 bits per heavy atom. The monoisotopic (exact) mass is 424 g/mol. The minimum Gasteiger partial charge on any atom is -0.467 e. The fraction of sp³-hybridized carbons (Fsp3) is 0.211. The van der Waals surface area contributed by atoms with Gasteiger partial charge in [0.15, 0.2) is 5.82 Å². The molecular formula is C19H16ClF3N4O2. The average Bonchev–Trinajstić information content (AvgIpc) is 2.68. The number of nitrogens with zero attached hydrogens (tertiary/aromatic N) is 3. The van der Waals surface area contributed by atoms with E-state index in [1.54, 1.807) is 36.4 Å². The molecule has 3 aromatic rings. The lowest BCUT2D eigenvalue weighted by Crippen LogP contribution is -2.17. The number of ether oxygens (including phenoxy) is 2. The molecule has 6 nitrogen and oxygen atoms in total. The number of alkyl halides is 3. The van der Waals surface area contributed by atoms with Crippen LogP contribution in [-0.2, 0) is 6.42 Å². The van der Waals surface area contributed by atoms with Gasteiger partial charge in [0, 0.05) is 17.1 Å². The van der Waals surface area contributed by atoms with Crippen LogP contribution in [0.5, 0.6) is 11.8 Å². The summed E-state index contributed by atoms with van der Waals surface area (Å²) in [4.78, 5) is 12.7. The van der Waals surface area contributed by atoms with Crippen molar-refractivity contribution in [1.82, 2.24) is 15.0 Å². The molecule has 10 heteroatoms. The molecule has 0 saturated carbocycles. The molecule has 0 saturated heterocycles. The quantitative estimate of drug-likeness (QED) is 0.590. The van der Waals surface area contributed by atoms with E-state index in [0.29, 0.717) is 29.8 Å². The van der Waals surface area contributed by atoms with E-state index in [1.807, 2.05) is 0 Å². The van der Waals surface area contributed by atoms with Gasteiger partial charge in [0.2, 0.25) is 5.95 Å². The third-order valence-corrected chi connectivity index (χ3v) is 4.01. The van der Waals surface area contributed by atoms with Gasteiger partial charge in [0.1, 0.15) is 5.75 Å². The molecule has 0 bridgehead atoms. The van der Waals surface area contributed by atoms with Crippen molar-refractivity contribution in [3.05, 3.63) is 59.1 Å². The van der Waals surface area contributed by atoms with Gasteiger partial charge in [0.25, 0.3) is 0 Å². The Morgan fingerprint density at radius 2 is 1.66 bits per heavy atom. The van der Waals surface area contributed by atoms with Gasteiger partial charge in [-0.05, 0) is 48.4 Å². The van der Waals surface area contributed by atoms with Crippen molar-refractivity contribution in [1.29, 1.82) is 0 Å². The van der Waals surface area contributed by atoms with Gasteiger partial charge in [-0.25, -0.2) is 0 Å². The predicted molar refractivity (Wildman–Crippen MR) is 102 cm³/mol. The minimum atomic E-state index is -4.71. The predicted octanol–water partition coefficient (Wildman–Crippen LogP) is 4.75. The summed E-state index contributed by atoms with van der Waals surface area (Å²) >= 11 is 5.90. The highest BCUT2D eigenvalue weighted by molar-refractivity contribution is 6.30. The molecule has 0 aliphatic rings. The fourth-order valence-corrected chi connectivity index (χ4v) is 2.56. The Morgan fingerprint density at radius 3 is 2.28 bits per heavy atom. The van der Waals surface area contributed by atoms with Crippen molar-refractivity contribution < 1.29 is 22.6 Å². The molecule has 152 valence electrons. The summed E-state index contributed by atoms with van der Waals surface area (Å²) in [6.45, 7) is 0.451. The van der Waals surface area contributed by atoms with E-state index in [-0.39, 0.29) is 11.8 Å². The number of methoxy groups -OCH3 is 1. The van der Waals surface area contributed by atoms with Gasteiger partial charge in [-0.15, -0.1) is 13.2 Å². The second-order valence-electron chi connectivity index (χ2n) is 5.84. The topological polar surface area (TPSA) is 69.2 Å². The van der Waals surface area contributed by atoms with Gasteiger partial charge in [-0.2, -0.15) is 15.0 Å². The van der Waals surface area contributed by atoms with Crippen LogP contribution < -0.4 is 14.8 Å². The maximum atomic E-state index is 12.2. The highest BCUT2D eigenvalue weighted by atomic mass is 35.5. The first-order valence-corrected chi connectivity index (χ1v) is 8.85. The molecule has 1 N–H and O–H groups in total. The molecule has 0 aliphatic carbocycles. The molecule has 2 aromatic carbocycles. The van der Waals surface area contributed by atoms with Crippen LogP contribution in [0.15, 0.2) is 48.5 Å². The molecule has 1 heterocycles. The van der Waals surface area contributed by atoms with Crippen LogP contribution in [0.2, 0.25) is 5.02 Å². The van der Waals surface area contributed by atoms with Gasteiger partial charge in [-0.1, -0.05) is 23.7 Å². The highest BCUT2D eigenvalue weighted by Gasteiger charge is 2.30. The molecule has 0 unspecified atom stereocenters. The number of hydrogen-bond donors (Lipinski definition) is 1. The van der Waals surface area contributed by atoms with E-state index in [4.69, 9.17) is 16.3 Å². The van der Waals surface area contributed by atoms with Crippen LogP contribution in [0, 0.1) is 0 Å². The number of hydrogen-bond acceptors (Lipinski definition) is 6. The first kappa shape index (κ1) is 20.7. The number of nitrogens with one attached hydrogen (secondary N) is 1. The average molecular weight is 425 g/mol. The van der Waals surface area contributed by atoms with Gasteiger partial charge >= 0.3 is 12.4 Å². The van der Waals surface area contributed by atoms with E-state index in [0.717, 1.165) is 11.1 Å². The van der Waals surface area contributed by atoms with Crippen LogP contribution in [0.25, 0.3) is 11.4 Å². The number of halogens is 4. The molecule has 0 atom stereocenters. The Labute approximate surface area is 169 Å². The number of aromatic nitrogens is 3. The summed E-state index contributed by atoms with van der Waals surface area (Å²) in [7, 11) is 1.45. The largest absolute Gasteiger partial charge is 0.573 e. The third kappa shape index (κ3) is 6.21. The van der Waals surface area contributed by atoms with E-state index < -0.39 is 6.36 Å². The molecule has 1 aromatic heterocycles. The lowest BCUT2D eigenvalue weighted by atomic mass is 10.1. The maximum absolute atomic E-state index is 12.2. The zero-order valence-electron chi connectivity index (χ0n) is 15.2. The number of anilines is 1. The van der Waals surface area contributed by atoms with E-state index >= 15 is 0 Å². The normalized spacial score (nSPS) is 11.2. The lowest BCUT2D eigenvalue weighted by molar-refractivity contribution is -0.274. The van der Waals surface area contributed by atoms with Crippen LogP contribution in [0.3, 0.4) is 0 Å². The van der Waals surface area contributed by atoms with Crippen molar-refractivity contribution in [2.75, 3.05) is 19.0 Å². The fourth-order valence-electron chi connectivity index (χ4n) is 2.43. The Bertz CT molecular complexity index is 951. The summed E-state index contributed by atoms with van der Waals surface area (Å²) in [5.74, 6) is 0.479. The molecular weight excluding hydrogens is 409 g/mol. The standard InChI is InChI=1S/C19H16ClF3N4O2/c1-28-18-26-16(13-4-6-14(20)7-5-13)25-17(27-18)24-11-10-12-2-8-15(9-3-12)29-19(21,22)23/h2-9H,10-11H2,1H3,(H,24,25,26,27). The van der Waals surface area contributed by atoms with Gasteiger partial charge in [0.05, 0.1) is 7.11 Å². The van der Waals surface area contributed by atoms with E-state index in [9.17, 15) is 13.2 Å². The van der Waals surface area contributed by atoms with Crippen LogP contribution >= 0.6 is 11.6 Å². The Balaban J connectivity index is 1.64. The van der Waals surface area contributed by atoms with Crippen LogP contribution in [0.1, 0.15) is 5.56 Å².